The van der Waals surface area contributed by atoms with Gasteiger partial charge in [-0.15, -0.1) is 11.8 Å². The fourth-order valence-corrected chi connectivity index (χ4v) is 3.90. The average Bonchev–Trinajstić information content (AvgIpc) is 2.68. The van der Waals surface area contributed by atoms with Crippen LogP contribution in [0, 0.1) is 11.3 Å². The van der Waals surface area contributed by atoms with E-state index in [0.29, 0.717) is 16.4 Å². The minimum Gasteiger partial charge on any atom is -0.454 e. The van der Waals surface area contributed by atoms with Crippen molar-refractivity contribution in [2.24, 2.45) is 11.3 Å². The maximum atomic E-state index is 12.4. The van der Waals surface area contributed by atoms with Gasteiger partial charge in [0.05, 0.1) is 11.3 Å². The second kappa shape index (κ2) is 10.6. The Morgan fingerprint density at radius 3 is 2.46 bits per heavy atom. The number of rotatable bonds is 8. The normalized spacial score (nSPS) is 15.1. The molecule has 154 valence electrons. The molecule has 1 fully saturated rings. The fraction of sp³-hybridized carbons (Fsp3) is 0.591. The van der Waals surface area contributed by atoms with Crippen molar-refractivity contribution in [2.45, 2.75) is 57.8 Å². The highest BCUT2D eigenvalue weighted by Gasteiger charge is 2.23. The molecule has 0 saturated heterocycles. The van der Waals surface area contributed by atoms with E-state index in [4.69, 9.17) is 4.74 Å². The third-order valence-corrected chi connectivity index (χ3v) is 6.02. The van der Waals surface area contributed by atoms with Crippen LogP contribution in [0.4, 0.5) is 0 Å². The number of benzene rings is 1. The van der Waals surface area contributed by atoms with Gasteiger partial charge < -0.3 is 10.1 Å². The number of thioether (sulfide) groups is 1. The molecule has 1 aliphatic rings. The van der Waals surface area contributed by atoms with Crippen LogP contribution in [0.3, 0.4) is 0 Å². The maximum absolute atomic E-state index is 12.4. The molecule has 1 amide bonds. The van der Waals surface area contributed by atoms with Gasteiger partial charge >= 0.3 is 5.97 Å². The van der Waals surface area contributed by atoms with Crippen LogP contribution in [0.5, 0.6) is 0 Å². The van der Waals surface area contributed by atoms with E-state index in [1.807, 2.05) is 6.07 Å². The molecule has 2 rings (SSSR count). The molecule has 0 bridgehead atoms. The van der Waals surface area contributed by atoms with E-state index >= 15 is 0 Å². The van der Waals surface area contributed by atoms with Crippen molar-refractivity contribution in [3.63, 3.8) is 0 Å². The van der Waals surface area contributed by atoms with Gasteiger partial charge in [-0.3, -0.25) is 9.59 Å². The number of nitrogens with one attached hydrogen (secondary N) is 1. The molecule has 0 aliphatic heterocycles. The summed E-state index contributed by atoms with van der Waals surface area (Å²) >= 11 is 1.31. The largest absolute Gasteiger partial charge is 0.454 e. The smallest absolute Gasteiger partial charge is 0.339 e. The quantitative estimate of drug-likeness (QED) is 0.517. The highest BCUT2D eigenvalue weighted by atomic mass is 32.2. The molecule has 1 aliphatic carbocycles. The number of esters is 1. The molecule has 0 radical (unpaired) electrons. The van der Waals surface area contributed by atoms with Crippen molar-refractivity contribution in [1.29, 1.82) is 0 Å². The van der Waals surface area contributed by atoms with Crippen molar-refractivity contribution in [1.82, 2.24) is 5.32 Å². The van der Waals surface area contributed by atoms with Gasteiger partial charge in [0.15, 0.2) is 12.4 Å². The minimum absolute atomic E-state index is 0.0262. The number of ether oxygens (including phenoxy) is 1. The first-order chi connectivity index (χ1) is 13.3. The molecular formula is C22H31NO4S. The molecule has 1 N–H and O–H groups in total. The van der Waals surface area contributed by atoms with Gasteiger partial charge in [-0.05, 0) is 30.9 Å². The van der Waals surface area contributed by atoms with Gasteiger partial charge in [-0.2, -0.15) is 0 Å². The van der Waals surface area contributed by atoms with Crippen molar-refractivity contribution in [2.75, 3.05) is 18.9 Å². The van der Waals surface area contributed by atoms with E-state index in [2.05, 4.69) is 5.32 Å². The molecule has 1 aromatic rings. The van der Waals surface area contributed by atoms with Gasteiger partial charge in [0.2, 0.25) is 5.91 Å². The van der Waals surface area contributed by atoms with Crippen molar-refractivity contribution < 1.29 is 19.1 Å². The van der Waals surface area contributed by atoms with Crippen LogP contribution in [-0.2, 0) is 14.3 Å². The molecule has 5 nitrogen and oxygen atoms in total. The second-order valence-electron chi connectivity index (χ2n) is 8.34. The lowest BCUT2D eigenvalue weighted by molar-refractivity contribution is -0.129. The number of ketones is 1. The van der Waals surface area contributed by atoms with Crippen LogP contribution in [0.2, 0.25) is 0 Å². The molecule has 0 aromatic heterocycles. The summed E-state index contributed by atoms with van der Waals surface area (Å²) in [6, 6.07) is 7.02. The molecule has 0 heterocycles. The monoisotopic (exact) mass is 405 g/mol. The number of Topliss-reactive ketones (excluding diaryl/α,β-unsaturated/α-hetero) is 1. The molecule has 1 saturated carbocycles. The van der Waals surface area contributed by atoms with Gasteiger partial charge in [-0.1, -0.05) is 52.2 Å². The highest BCUT2D eigenvalue weighted by molar-refractivity contribution is 8.00. The summed E-state index contributed by atoms with van der Waals surface area (Å²) < 4.78 is 5.19. The Kier molecular flexibility index (Phi) is 8.55. The first-order valence-electron chi connectivity index (χ1n) is 9.96. The zero-order valence-electron chi connectivity index (χ0n) is 17.1. The number of amides is 1. The van der Waals surface area contributed by atoms with Crippen LogP contribution in [0.25, 0.3) is 0 Å². The summed E-state index contributed by atoms with van der Waals surface area (Å²) in [6.07, 6.45) is 6.18. The summed E-state index contributed by atoms with van der Waals surface area (Å²) in [5.41, 5.74) is -0.167. The lowest BCUT2D eigenvalue weighted by Crippen LogP contribution is -2.31. The van der Waals surface area contributed by atoms with Gasteiger partial charge in [-0.25, -0.2) is 4.79 Å². The molecule has 0 unspecified atom stereocenters. The second-order valence-corrected chi connectivity index (χ2v) is 9.36. The predicted molar refractivity (Wildman–Crippen MR) is 111 cm³/mol. The summed E-state index contributed by atoms with van der Waals surface area (Å²) in [5, 5.41) is 3.01. The Bertz CT molecular complexity index is 690. The maximum Gasteiger partial charge on any atom is 0.339 e. The Morgan fingerprint density at radius 2 is 1.79 bits per heavy atom. The molecule has 0 spiro atoms. The lowest BCUT2D eigenvalue weighted by Gasteiger charge is -2.21. The van der Waals surface area contributed by atoms with Crippen LogP contribution in [0.1, 0.15) is 63.2 Å². The zero-order valence-corrected chi connectivity index (χ0v) is 17.9. The van der Waals surface area contributed by atoms with Gasteiger partial charge in [0, 0.05) is 16.9 Å². The predicted octanol–water partition coefficient (Wildman–Crippen LogP) is 4.25. The Hall–Kier alpha value is -1.82. The van der Waals surface area contributed by atoms with E-state index in [1.54, 1.807) is 39.0 Å². The van der Waals surface area contributed by atoms with E-state index in [1.165, 1.54) is 43.9 Å². The minimum atomic E-state index is -0.551. The lowest BCUT2D eigenvalue weighted by atomic mass is 9.89. The van der Waals surface area contributed by atoms with E-state index in [9.17, 15) is 14.4 Å². The zero-order chi connectivity index (χ0) is 20.6. The molecule has 28 heavy (non-hydrogen) atoms. The summed E-state index contributed by atoms with van der Waals surface area (Å²) in [4.78, 5) is 37.2. The number of carbonyl (C=O) groups is 3. The molecule has 6 heteroatoms. The van der Waals surface area contributed by atoms with Gasteiger partial charge in [0.25, 0.3) is 0 Å². The summed E-state index contributed by atoms with van der Waals surface area (Å²) in [7, 11) is 0. The molecule has 0 atom stereocenters. The Morgan fingerprint density at radius 1 is 1.11 bits per heavy atom. The average molecular weight is 406 g/mol. The van der Waals surface area contributed by atoms with E-state index < -0.39 is 11.4 Å². The van der Waals surface area contributed by atoms with Crippen molar-refractivity contribution in [3.05, 3.63) is 29.8 Å². The first kappa shape index (κ1) is 22.5. The van der Waals surface area contributed by atoms with Crippen molar-refractivity contribution >= 4 is 29.4 Å². The van der Waals surface area contributed by atoms with Crippen LogP contribution >= 0.6 is 11.8 Å². The highest BCUT2D eigenvalue weighted by Crippen LogP contribution is 2.25. The summed E-state index contributed by atoms with van der Waals surface area (Å²) in [6.45, 7) is 5.86. The first-order valence-corrected chi connectivity index (χ1v) is 10.9. The summed E-state index contributed by atoms with van der Waals surface area (Å²) in [5.74, 6) is 0.140. The third-order valence-electron chi connectivity index (χ3n) is 4.95. The molecule has 1 aromatic carbocycles. The molecular weight excluding hydrogens is 374 g/mol. The van der Waals surface area contributed by atoms with Crippen molar-refractivity contribution in [3.8, 4) is 0 Å². The number of hydrogen-bond acceptors (Lipinski definition) is 5. The topological polar surface area (TPSA) is 72.5 Å². The Balaban J connectivity index is 1.84. The van der Waals surface area contributed by atoms with Crippen LogP contribution in [-0.4, -0.2) is 36.6 Å². The third kappa shape index (κ3) is 7.30. The Labute approximate surface area is 172 Å². The van der Waals surface area contributed by atoms with Crippen LogP contribution < -0.4 is 5.32 Å². The van der Waals surface area contributed by atoms with E-state index in [-0.39, 0.29) is 24.1 Å². The SMILES string of the molecule is CC(C)(C)C(=O)COC(=O)c1ccccc1SCC(=O)NCC1CCCCC1. The fourth-order valence-electron chi connectivity index (χ4n) is 3.03. The van der Waals surface area contributed by atoms with Crippen LogP contribution in [0.15, 0.2) is 29.2 Å². The number of carbonyl (C=O) groups excluding carboxylic acids is 3. The number of hydrogen-bond donors (Lipinski definition) is 1. The standard InChI is InChI=1S/C22H31NO4S/c1-22(2,3)19(24)14-27-21(26)17-11-7-8-12-18(17)28-15-20(25)23-13-16-9-5-4-6-10-16/h7-8,11-12,16H,4-6,9-10,13-15H2,1-3H3,(H,23,25). The van der Waals surface area contributed by atoms with E-state index in [0.717, 1.165) is 6.54 Å². The van der Waals surface area contributed by atoms with Gasteiger partial charge in [0.1, 0.15) is 0 Å².